The molecule has 0 rings (SSSR count). The first-order valence-electron chi connectivity index (χ1n) is 7.23. The fourth-order valence-corrected chi connectivity index (χ4v) is 2.88. The van der Waals surface area contributed by atoms with Gasteiger partial charge in [-0.15, -0.1) is 0 Å². The summed E-state index contributed by atoms with van der Waals surface area (Å²) in [5, 5.41) is 0. The summed E-state index contributed by atoms with van der Waals surface area (Å²) in [4.78, 5) is 25.0. The third kappa shape index (κ3) is 8.19. The van der Waals surface area contributed by atoms with Crippen LogP contribution in [0.4, 0.5) is 4.79 Å². The van der Waals surface area contributed by atoms with Crippen LogP contribution < -0.4 is 0 Å². The van der Waals surface area contributed by atoms with E-state index in [9.17, 15) is 9.59 Å². The number of methoxy groups -OCH3 is 1. The first-order valence-corrected chi connectivity index (χ1v) is 8.39. The Labute approximate surface area is 132 Å². The van der Waals surface area contributed by atoms with E-state index in [-0.39, 0.29) is 24.0 Å². The Hall–Kier alpha value is -0.910. The van der Waals surface area contributed by atoms with Gasteiger partial charge >= 0.3 is 12.1 Å². The first-order chi connectivity index (χ1) is 9.62. The van der Waals surface area contributed by atoms with Crippen molar-refractivity contribution in [1.82, 2.24) is 4.90 Å². The topological polar surface area (TPSA) is 55.8 Å². The Balaban J connectivity index is 4.21. The summed E-state index contributed by atoms with van der Waals surface area (Å²) in [5.41, 5.74) is -0.490. The van der Waals surface area contributed by atoms with E-state index in [1.807, 2.05) is 34.6 Å². The summed E-state index contributed by atoms with van der Waals surface area (Å²) in [7, 11) is 3.14. The van der Waals surface area contributed by atoms with E-state index >= 15 is 0 Å². The number of amides is 1. The predicted octanol–water partition coefficient (Wildman–Crippen LogP) is 3.17. The highest BCUT2D eigenvalue weighted by atomic mass is 32.2. The van der Waals surface area contributed by atoms with Crippen molar-refractivity contribution in [2.24, 2.45) is 5.92 Å². The van der Waals surface area contributed by atoms with Crippen molar-refractivity contribution in [2.45, 2.75) is 52.7 Å². The second-order valence-corrected chi connectivity index (χ2v) is 7.18. The molecule has 0 saturated heterocycles. The molecular formula is C15H29NO4S. The Morgan fingerprint density at radius 3 is 2.24 bits per heavy atom. The highest BCUT2D eigenvalue weighted by Crippen LogP contribution is 2.17. The third-order valence-electron chi connectivity index (χ3n) is 3.05. The molecule has 6 heteroatoms. The normalized spacial score (nSPS) is 14.2. The number of hydrogen-bond donors (Lipinski definition) is 0. The number of rotatable bonds is 7. The molecule has 0 aromatic carbocycles. The van der Waals surface area contributed by atoms with Gasteiger partial charge in [-0.1, -0.05) is 6.92 Å². The molecule has 21 heavy (non-hydrogen) atoms. The molecule has 2 atom stereocenters. The highest BCUT2D eigenvalue weighted by molar-refractivity contribution is 7.99. The van der Waals surface area contributed by atoms with E-state index in [0.29, 0.717) is 5.75 Å². The van der Waals surface area contributed by atoms with E-state index in [4.69, 9.17) is 9.47 Å². The molecule has 0 radical (unpaired) electrons. The molecule has 0 spiro atoms. The van der Waals surface area contributed by atoms with E-state index in [2.05, 4.69) is 0 Å². The molecule has 0 aromatic heterocycles. The summed E-state index contributed by atoms with van der Waals surface area (Å²) in [5.74, 6) is 1.20. The molecular weight excluding hydrogens is 290 g/mol. The number of hydrogen-bond acceptors (Lipinski definition) is 5. The van der Waals surface area contributed by atoms with Crippen molar-refractivity contribution in [2.75, 3.05) is 25.7 Å². The van der Waals surface area contributed by atoms with Crippen molar-refractivity contribution < 1.29 is 19.1 Å². The predicted molar refractivity (Wildman–Crippen MR) is 86.6 cm³/mol. The minimum absolute atomic E-state index is 0.0417. The maximum absolute atomic E-state index is 11.9. The average Bonchev–Trinajstić information content (AvgIpc) is 2.39. The lowest BCUT2D eigenvalue weighted by atomic mass is 10.1. The zero-order valence-electron chi connectivity index (χ0n) is 14.3. The maximum Gasteiger partial charge on any atom is 0.410 e. The smallest absolute Gasteiger partial charge is 0.410 e. The van der Waals surface area contributed by atoms with Crippen LogP contribution in [0.25, 0.3) is 0 Å². The zero-order valence-corrected chi connectivity index (χ0v) is 15.1. The number of carbonyl (C=O) groups is 2. The maximum atomic E-state index is 11.9. The molecule has 1 amide bonds. The van der Waals surface area contributed by atoms with Crippen LogP contribution in [0.1, 0.15) is 41.0 Å². The number of esters is 1. The minimum Gasteiger partial charge on any atom is -0.469 e. The van der Waals surface area contributed by atoms with Crippen molar-refractivity contribution in [3.05, 3.63) is 0 Å². The van der Waals surface area contributed by atoms with Crippen molar-refractivity contribution in [3.63, 3.8) is 0 Å². The third-order valence-corrected chi connectivity index (χ3v) is 4.40. The Kier molecular flexibility index (Phi) is 8.78. The van der Waals surface area contributed by atoms with E-state index in [0.717, 1.165) is 12.2 Å². The van der Waals surface area contributed by atoms with Crippen LogP contribution in [-0.2, 0) is 14.3 Å². The number of carbonyl (C=O) groups excluding carboxylic acids is 2. The first kappa shape index (κ1) is 20.1. The zero-order chi connectivity index (χ0) is 16.6. The van der Waals surface area contributed by atoms with Crippen LogP contribution in [0.2, 0.25) is 0 Å². The van der Waals surface area contributed by atoms with E-state index in [1.165, 1.54) is 7.11 Å². The molecule has 5 nitrogen and oxygen atoms in total. The SMILES string of the molecule is CC[C@@H](CSC[C@@H](C)N(C)C(=O)OC(C)(C)C)C(=O)OC. The van der Waals surface area contributed by atoms with Gasteiger partial charge in [0.2, 0.25) is 0 Å². The van der Waals surface area contributed by atoms with Gasteiger partial charge in [0.25, 0.3) is 0 Å². The molecule has 0 aliphatic rings. The summed E-state index contributed by atoms with van der Waals surface area (Å²) in [6.07, 6.45) is 0.436. The molecule has 0 fully saturated rings. The molecule has 0 aliphatic heterocycles. The van der Waals surface area contributed by atoms with E-state index in [1.54, 1.807) is 23.7 Å². The van der Waals surface area contributed by atoms with Gasteiger partial charge in [0, 0.05) is 24.6 Å². The standard InChI is InChI=1S/C15H29NO4S/c1-8-12(13(17)19-7)10-21-9-11(2)16(6)14(18)20-15(3,4)5/h11-12H,8-10H2,1-7H3/t11-,12+/m1/s1. The lowest BCUT2D eigenvalue weighted by Gasteiger charge is -2.28. The monoisotopic (exact) mass is 319 g/mol. The van der Waals surface area contributed by atoms with Crippen LogP contribution in [-0.4, -0.2) is 54.3 Å². The second kappa shape index (κ2) is 9.18. The summed E-state index contributed by atoms with van der Waals surface area (Å²) < 4.78 is 10.1. The van der Waals surface area contributed by atoms with Gasteiger partial charge < -0.3 is 14.4 Å². The average molecular weight is 319 g/mol. The summed E-state index contributed by atoms with van der Waals surface area (Å²) >= 11 is 1.65. The van der Waals surface area contributed by atoms with Gasteiger partial charge in [-0.2, -0.15) is 11.8 Å². The largest absolute Gasteiger partial charge is 0.469 e. The minimum atomic E-state index is -0.490. The van der Waals surface area contributed by atoms with Crippen molar-refractivity contribution >= 4 is 23.8 Å². The molecule has 124 valence electrons. The summed E-state index contributed by atoms with van der Waals surface area (Å²) in [6, 6.07) is 0.0417. The van der Waals surface area contributed by atoms with Gasteiger partial charge in [-0.3, -0.25) is 4.79 Å². The van der Waals surface area contributed by atoms with E-state index < -0.39 is 5.60 Å². The van der Waals surface area contributed by atoms with Gasteiger partial charge in [-0.05, 0) is 34.1 Å². The van der Waals surface area contributed by atoms with Crippen LogP contribution in [0, 0.1) is 5.92 Å². The highest BCUT2D eigenvalue weighted by Gasteiger charge is 2.23. The molecule has 0 aromatic rings. The Morgan fingerprint density at radius 2 is 1.81 bits per heavy atom. The van der Waals surface area contributed by atoms with Gasteiger partial charge in [-0.25, -0.2) is 4.79 Å². The molecule has 0 heterocycles. The summed E-state index contributed by atoms with van der Waals surface area (Å²) in [6.45, 7) is 9.48. The number of nitrogens with zero attached hydrogens (tertiary/aromatic N) is 1. The van der Waals surface area contributed by atoms with Gasteiger partial charge in [0.1, 0.15) is 5.60 Å². The van der Waals surface area contributed by atoms with Crippen molar-refractivity contribution in [3.8, 4) is 0 Å². The Morgan fingerprint density at radius 1 is 1.24 bits per heavy atom. The van der Waals surface area contributed by atoms with Crippen LogP contribution in [0.5, 0.6) is 0 Å². The van der Waals surface area contributed by atoms with Crippen LogP contribution >= 0.6 is 11.8 Å². The lowest BCUT2D eigenvalue weighted by Crippen LogP contribution is -2.40. The van der Waals surface area contributed by atoms with Crippen molar-refractivity contribution in [1.29, 1.82) is 0 Å². The molecule has 0 aliphatic carbocycles. The quantitative estimate of drug-likeness (QED) is 0.675. The van der Waals surface area contributed by atoms with Crippen LogP contribution in [0.15, 0.2) is 0 Å². The molecule has 0 N–H and O–H groups in total. The molecule has 0 unspecified atom stereocenters. The molecule has 0 bridgehead atoms. The number of ether oxygens (including phenoxy) is 2. The second-order valence-electron chi connectivity index (χ2n) is 6.11. The van der Waals surface area contributed by atoms with Gasteiger partial charge in [0.05, 0.1) is 13.0 Å². The van der Waals surface area contributed by atoms with Gasteiger partial charge in [0.15, 0.2) is 0 Å². The molecule has 0 saturated carbocycles. The lowest BCUT2D eigenvalue weighted by molar-refractivity contribution is -0.144. The Bertz CT molecular complexity index is 341. The fraction of sp³-hybridized carbons (Fsp3) is 0.867. The number of thioether (sulfide) groups is 1. The van der Waals surface area contributed by atoms with Crippen LogP contribution in [0.3, 0.4) is 0 Å². The fourth-order valence-electron chi connectivity index (χ4n) is 1.53.